The van der Waals surface area contributed by atoms with Gasteiger partial charge < -0.3 is 14.4 Å². The van der Waals surface area contributed by atoms with Gasteiger partial charge in [0.1, 0.15) is 0 Å². The number of nitrogens with zero attached hydrogens (tertiary/aromatic N) is 3. The molecule has 12 rings (SSSR count). The largest absolute Gasteiger partial charge is 0.311 e. The van der Waals surface area contributed by atoms with Crippen LogP contribution in [0.2, 0.25) is 0 Å². The molecule has 0 N–H and O–H groups in total. The molecule has 0 amide bonds. The van der Waals surface area contributed by atoms with Crippen LogP contribution in [0.3, 0.4) is 0 Å². The first kappa shape index (κ1) is 48.7. The molecule has 3 heterocycles. The minimum Gasteiger partial charge on any atom is -0.311 e. The van der Waals surface area contributed by atoms with Crippen LogP contribution < -0.4 is 26.2 Å². The first-order valence-corrected chi connectivity index (χ1v) is 27.7. The smallest absolute Gasteiger partial charge is 0.252 e. The zero-order valence-corrected chi connectivity index (χ0v) is 47.9. The lowest BCUT2D eigenvalue weighted by molar-refractivity contribution is 0.332. The third kappa shape index (κ3) is 6.98. The van der Waals surface area contributed by atoms with Crippen molar-refractivity contribution >= 4 is 68.1 Å². The number of aromatic nitrogens is 1. The van der Waals surface area contributed by atoms with Crippen molar-refractivity contribution in [3.05, 3.63) is 177 Å². The molecule has 8 aromatic rings. The van der Waals surface area contributed by atoms with Gasteiger partial charge in [-0.3, -0.25) is 0 Å². The zero-order chi connectivity index (χ0) is 52.7. The van der Waals surface area contributed by atoms with E-state index in [1.165, 1.54) is 135 Å². The summed E-state index contributed by atoms with van der Waals surface area (Å²) in [5.74, 6) is 0. The number of benzene rings is 7. The van der Waals surface area contributed by atoms with E-state index in [1.807, 2.05) is 0 Å². The molecule has 0 saturated carbocycles. The van der Waals surface area contributed by atoms with E-state index in [-0.39, 0.29) is 39.2 Å². The third-order valence-electron chi connectivity index (χ3n) is 18.4. The third-order valence-corrected chi connectivity index (χ3v) is 18.4. The zero-order valence-electron chi connectivity index (χ0n) is 47.9. The van der Waals surface area contributed by atoms with Crippen molar-refractivity contribution < 1.29 is 0 Å². The Balaban J connectivity index is 1.21. The molecule has 7 aromatic carbocycles. The van der Waals surface area contributed by atoms with Crippen LogP contribution in [0.4, 0.5) is 34.1 Å². The standard InChI is InChI=1S/C70H78BN3/c1-41-34-44(65(4,5)6)26-30-55(41)72(56-31-27-45(35-42(56)2)66(7,8)9)47-28-29-53-58(39-47)73(57-40-52-51(36-43(57)3)68(13,14)32-33-69(52,15)16)59-37-46(67(10,11)12)38-60-62(59)71(53)54-25-21-23-49-61-64(74(60)63(49)54)48-22-19-20-24-50(48)70(61,17)18/h19-31,34-40H,32-33H2,1-18H3. The van der Waals surface area contributed by atoms with Crippen molar-refractivity contribution in [3.8, 4) is 16.9 Å². The summed E-state index contributed by atoms with van der Waals surface area (Å²) >= 11 is 0. The summed E-state index contributed by atoms with van der Waals surface area (Å²) < 4.78 is 2.72. The van der Waals surface area contributed by atoms with Crippen LogP contribution in [0, 0.1) is 20.8 Å². The molecule has 0 atom stereocenters. The van der Waals surface area contributed by atoms with Gasteiger partial charge in [-0.2, -0.15) is 0 Å². The summed E-state index contributed by atoms with van der Waals surface area (Å²) in [6, 6.07) is 48.7. The predicted molar refractivity (Wildman–Crippen MR) is 320 cm³/mol. The monoisotopic (exact) mass is 972 g/mol. The fourth-order valence-electron chi connectivity index (χ4n) is 13.9. The number of rotatable bonds is 4. The molecule has 0 spiro atoms. The van der Waals surface area contributed by atoms with E-state index in [1.54, 1.807) is 0 Å². The molecule has 0 saturated heterocycles. The average Bonchev–Trinajstić information content (AvgIpc) is 3.80. The van der Waals surface area contributed by atoms with Crippen LogP contribution in [-0.2, 0) is 32.5 Å². The van der Waals surface area contributed by atoms with E-state index in [0.29, 0.717) is 0 Å². The van der Waals surface area contributed by atoms with Gasteiger partial charge >= 0.3 is 0 Å². The van der Waals surface area contributed by atoms with Crippen LogP contribution in [0.1, 0.15) is 172 Å². The quantitative estimate of drug-likeness (QED) is 0.163. The second kappa shape index (κ2) is 15.7. The maximum Gasteiger partial charge on any atom is 0.252 e. The molecule has 0 bridgehead atoms. The molecule has 74 heavy (non-hydrogen) atoms. The van der Waals surface area contributed by atoms with Crippen molar-refractivity contribution in [2.45, 2.75) is 170 Å². The number of hydrogen-bond donors (Lipinski definition) is 0. The van der Waals surface area contributed by atoms with Crippen LogP contribution in [-0.4, -0.2) is 11.3 Å². The topological polar surface area (TPSA) is 11.4 Å². The Kier molecular flexibility index (Phi) is 10.3. The minimum absolute atomic E-state index is 0.0151. The van der Waals surface area contributed by atoms with Crippen molar-refractivity contribution in [2.24, 2.45) is 0 Å². The summed E-state index contributed by atoms with van der Waals surface area (Å²) in [7, 11) is 0. The highest BCUT2D eigenvalue weighted by Crippen LogP contribution is 2.56. The van der Waals surface area contributed by atoms with Crippen molar-refractivity contribution in [1.82, 2.24) is 4.57 Å². The SMILES string of the molecule is Cc1cc(C(C)(C)C)ccc1N(c1ccc2c(c1)N(c1cc3c(cc1C)C(C)(C)CCC3(C)C)c1cc(C(C)(C)C)cc3c1B2c1cccc2c4c(n-3c12)-c1ccccc1C4(C)C)c1ccc(C(C)(C)C)cc1C. The Bertz CT molecular complexity index is 3640. The van der Waals surface area contributed by atoms with Crippen LogP contribution in [0.5, 0.6) is 0 Å². The number of fused-ring (bicyclic) bond motifs is 10. The Hall–Kier alpha value is -6.26. The molecule has 0 unspecified atom stereocenters. The maximum absolute atomic E-state index is 2.73. The highest BCUT2D eigenvalue weighted by atomic mass is 15.2. The van der Waals surface area contributed by atoms with Crippen LogP contribution in [0.25, 0.3) is 27.8 Å². The molecule has 1 aromatic heterocycles. The van der Waals surface area contributed by atoms with Crippen molar-refractivity contribution in [1.29, 1.82) is 0 Å². The normalized spacial score (nSPS) is 16.7. The molecular weight excluding hydrogens is 894 g/mol. The molecular formula is C70H78BN3. The van der Waals surface area contributed by atoms with Gasteiger partial charge in [0.2, 0.25) is 0 Å². The summed E-state index contributed by atoms with van der Waals surface area (Å²) in [6.07, 6.45) is 2.34. The van der Waals surface area contributed by atoms with Gasteiger partial charge in [0, 0.05) is 61.7 Å². The molecule has 2 aliphatic carbocycles. The molecule has 0 radical (unpaired) electrons. The summed E-state index contributed by atoms with van der Waals surface area (Å²) in [6.45, 7) is 42.9. The second-order valence-corrected chi connectivity index (χ2v) is 28.0. The molecule has 376 valence electrons. The van der Waals surface area contributed by atoms with Crippen molar-refractivity contribution in [2.75, 3.05) is 9.80 Å². The van der Waals surface area contributed by atoms with Gasteiger partial charge in [-0.25, -0.2) is 0 Å². The number of hydrogen-bond acceptors (Lipinski definition) is 2. The predicted octanol–water partition coefficient (Wildman–Crippen LogP) is 17.2. The number of anilines is 6. The van der Waals surface area contributed by atoms with Gasteiger partial charge in [0.05, 0.1) is 5.69 Å². The Labute approximate surface area is 444 Å². The van der Waals surface area contributed by atoms with Crippen molar-refractivity contribution in [3.63, 3.8) is 0 Å². The first-order chi connectivity index (χ1) is 34.6. The lowest BCUT2D eigenvalue weighted by Crippen LogP contribution is -2.60. The lowest BCUT2D eigenvalue weighted by atomic mass is 9.33. The summed E-state index contributed by atoms with van der Waals surface area (Å²) in [4.78, 5) is 5.30. The molecule has 3 nitrogen and oxygen atoms in total. The second-order valence-electron chi connectivity index (χ2n) is 28.0. The van der Waals surface area contributed by atoms with E-state index < -0.39 is 0 Å². The van der Waals surface area contributed by atoms with Gasteiger partial charge in [0.25, 0.3) is 6.71 Å². The van der Waals surface area contributed by atoms with E-state index in [0.717, 1.165) is 12.1 Å². The Morgan fingerprint density at radius 2 is 1.07 bits per heavy atom. The van der Waals surface area contributed by atoms with Crippen LogP contribution >= 0.6 is 0 Å². The minimum atomic E-state index is -0.158. The van der Waals surface area contributed by atoms with Gasteiger partial charge in [0.15, 0.2) is 0 Å². The Morgan fingerprint density at radius 3 is 1.66 bits per heavy atom. The van der Waals surface area contributed by atoms with E-state index in [2.05, 4.69) is 260 Å². The van der Waals surface area contributed by atoms with E-state index >= 15 is 0 Å². The maximum atomic E-state index is 2.73. The van der Waals surface area contributed by atoms with E-state index in [9.17, 15) is 0 Å². The van der Waals surface area contributed by atoms with Gasteiger partial charge in [-0.15, -0.1) is 0 Å². The molecule has 4 heteroatoms. The first-order valence-electron chi connectivity index (χ1n) is 27.7. The molecule has 2 aliphatic heterocycles. The molecule has 0 fully saturated rings. The number of aryl methyl sites for hydroxylation is 3. The fourth-order valence-corrected chi connectivity index (χ4v) is 13.9. The number of para-hydroxylation sites is 1. The van der Waals surface area contributed by atoms with Gasteiger partial charge in [-0.1, -0.05) is 183 Å². The summed E-state index contributed by atoms with van der Waals surface area (Å²) in [5, 5.41) is 1.37. The highest BCUT2D eigenvalue weighted by molar-refractivity contribution is 7.00. The molecule has 4 aliphatic rings. The fraction of sp³-hybridized carbons (Fsp3) is 0.371. The van der Waals surface area contributed by atoms with Crippen LogP contribution in [0.15, 0.2) is 121 Å². The van der Waals surface area contributed by atoms with E-state index in [4.69, 9.17) is 0 Å². The summed E-state index contributed by atoms with van der Waals surface area (Å²) in [5.41, 5.74) is 30.5. The highest BCUT2D eigenvalue weighted by Gasteiger charge is 2.48. The lowest BCUT2D eigenvalue weighted by Gasteiger charge is -2.45. The average molecular weight is 972 g/mol. The Morgan fingerprint density at radius 1 is 0.486 bits per heavy atom. The van der Waals surface area contributed by atoms with Gasteiger partial charge in [-0.05, 0) is 175 Å².